The molecule has 0 radical (unpaired) electrons. The van der Waals surface area contributed by atoms with Crippen LogP contribution in [0.3, 0.4) is 0 Å². The Bertz CT molecular complexity index is 688. The van der Waals surface area contributed by atoms with Crippen molar-refractivity contribution in [1.82, 2.24) is 15.6 Å². The monoisotopic (exact) mass is 257 g/mol. The first-order valence-corrected chi connectivity index (χ1v) is 5.83. The zero-order valence-electron chi connectivity index (χ0n) is 9.93. The SMILES string of the molecule is O=C1CCC(C(=O)Nc2cccc3cn[nH]c23)=NN1. The molecule has 0 unspecified atom stereocenters. The minimum absolute atomic E-state index is 0.174. The van der Waals surface area contributed by atoms with Crippen molar-refractivity contribution in [3.05, 3.63) is 24.4 Å². The summed E-state index contributed by atoms with van der Waals surface area (Å²) < 4.78 is 0. The van der Waals surface area contributed by atoms with Crippen LogP contribution in [-0.4, -0.2) is 27.7 Å². The van der Waals surface area contributed by atoms with Gasteiger partial charge in [-0.15, -0.1) is 0 Å². The lowest BCUT2D eigenvalue weighted by atomic mass is 10.1. The van der Waals surface area contributed by atoms with E-state index in [0.29, 0.717) is 17.8 Å². The van der Waals surface area contributed by atoms with Gasteiger partial charge in [-0.05, 0) is 6.07 Å². The van der Waals surface area contributed by atoms with Crippen LogP contribution in [0, 0.1) is 0 Å². The molecule has 0 spiro atoms. The van der Waals surface area contributed by atoms with Gasteiger partial charge in [0.1, 0.15) is 5.71 Å². The summed E-state index contributed by atoms with van der Waals surface area (Å²) in [5.74, 6) is -0.491. The molecule has 7 nitrogen and oxygen atoms in total. The highest BCUT2D eigenvalue weighted by Crippen LogP contribution is 2.20. The second-order valence-electron chi connectivity index (χ2n) is 4.19. The molecule has 19 heavy (non-hydrogen) atoms. The summed E-state index contributed by atoms with van der Waals surface area (Å²) in [6.07, 6.45) is 2.31. The molecular formula is C12H11N5O2. The Morgan fingerprint density at radius 1 is 1.32 bits per heavy atom. The van der Waals surface area contributed by atoms with Crippen molar-refractivity contribution in [2.24, 2.45) is 5.10 Å². The van der Waals surface area contributed by atoms with E-state index in [4.69, 9.17) is 0 Å². The molecule has 0 fully saturated rings. The first-order chi connectivity index (χ1) is 9.24. The predicted molar refractivity (Wildman–Crippen MR) is 69.5 cm³/mol. The van der Waals surface area contributed by atoms with Gasteiger partial charge in [0, 0.05) is 18.2 Å². The Labute approximate surface area is 108 Å². The summed E-state index contributed by atoms with van der Waals surface area (Å²) in [4.78, 5) is 23.0. The lowest BCUT2D eigenvalue weighted by Gasteiger charge is -2.12. The summed E-state index contributed by atoms with van der Waals surface area (Å²) in [5.41, 5.74) is 4.01. The Kier molecular flexibility index (Phi) is 2.71. The molecule has 2 aromatic rings. The molecular weight excluding hydrogens is 246 g/mol. The van der Waals surface area contributed by atoms with E-state index in [0.717, 1.165) is 10.9 Å². The molecule has 0 atom stereocenters. The quantitative estimate of drug-likeness (QED) is 0.740. The molecule has 7 heteroatoms. The zero-order chi connectivity index (χ0) is 13.2. The molecule has 3 rings (SSSR count). The molecule has 1 aromatic heterocycles. The molecule has 3 N–H and O–H groups in total. The van der Waals surface area contributed by atoms with Crippen LogP contribution in [-0.2, 0) is 9.59 Å². The van der Waals surface area contributed by atoms with E-state index in [1.807, 2.05) is 12.1 Å². The number of carbonyl (C=O) groups excluding carboxylic acids is 2. The van der Waals surface area contributed by atoms with Gasteiger partial charge in [-0.2, -0.15) is 10.2 Å². The minimum atomic E-state index is -0.317. The van der Waals surface area contributed by atoms with Crippen molar-refractivity contribution in [3.8, 4) is 0 Å². The van der Waals surface area contributed by atoms with Crippen molar-refractivity contribution < 1.29 is 9.59 Å². The van der Waals surface area contributed by atoms with Gasteiger partial charge >= 0.3 is 0 Å². The maximum Gasteiger partial charge on any atom is 0.271 e. The van der Waals surface area contributed by atoms with E-state index >= 15 is 0 Å². The number of nitrogens with zero attached hydrogens (tertiary/aromatic N) is 2. The lowest BCUT2D eigenvalue weighted by molar-refractivity contribution is -0.121. The average Bonchev–Trinajstić information content (AvgIpc) is 2.89. The largest absolute Gasteiger partial charge is 0.319 e. The first-order valence-electron chi connectivity index (χ1n) is 5.83. The van der Waals surface area contributed by atoms with Gasteiger partial charge in [-0.1, -0.05) is 12.1 Å². The molecule has 0 saturated heterocycles. The Morgan fingerprint density at radius 2 is 2.21 bits per heavy atom. The van der Waals surface area contributed by atoms with E-state index in [-0.39, 0.29) is 18.2 Å². The Morgan fingerprint density at radius 3 is 3.00 bits per heavy atom. The van der Waals surface area contributed by atoms with Crippen LogP contribution in [0.4, 0.5) is 5.69 Å². The number of benzene rings is 1. The lowest BCUT2D eigenvalue weighted by Crippen LogP contribution is -2.32. The van der Waals surface area contributed by atoms with Crippen molar-refractivity contribution in [2.75, 3.05) is 5.32 Å². The van der Waals surface area contributed by atoms with Crippen LogP contribution >= 0.6 is 0 Å². The summed E-state index contributed by atoms with van der Waals surface area (Å²) in [7, 11) is 0. The number of nitrogens with one attached hydrogen (secondary N) is 3. The van der Waals surface area contributed by atoms with Gasteiger partial charge in [-0.25, -0.2) is 5.43 Å². The molecule has 0 saturated carbocycles. The highest BCUT2D eigenvalue weighted by Gasteiger charge is 2.19. The molecule has 96 valence electrons. The van der Waals surface area contributed by atoms with E-state index in [2.05, 4.69) is 26.0 Å². The molecule has 1 aliphatic heterocycles. The fraction of sp³-hybridized carbons (Fsp3) is 0.167. The fourth-order valence-electron chi connectivity index (χ4n) is 1.91. The summed E-state index contributed by atoms with van der Waals surface area (Å²) in [5, 5.41) is 14.2. The number of hydrogen-bond donors (Lipinski definition) is 3. The van der Waals surface area contributed by atoms with Gasteiger partial charge < -0.3 is 5.32 Å². The standard InChI is InChI=1S/C12H11N5O2/c18-10-5-4-9(15-16-10)12(19)14-8-3-1-2-7-6-13-17-11(7)8/h1-3,6H,4-5H2,(H,13,17)(H,14,19)(H,16,18). The third-order valence-corrected chi connectivity index (χ3v) is 2.89. The highest BCUT2D eigenvalue weighted by atomic mass is 16.2. The summed E-state index contributed by atoms with van der Waals surface area (Å²) in [6, 6.07) is 5.51. The van der Waals surface area contributed by atoms with Gasteiger partial charge in [0.25, 0.3) is 5.91 Å². The smallest absolute Gasteiger partial charge is 0.271 e. The van der Waals surface area contributed by atoms with Crippen molar-refractivity contribution >= 4 is 34.1 Å². The number of rotatable bonds is 2. The second kappa shape index (κ2) is 4.52. The van der Waals surface area contributed by atoms with Gasteiger partial charge in [0.15, 0.2) is 0 Å². The molecule has 0 aliphatic carbocycles. The average molecular weight is 257 g/mol. The summed E-state index contributed by atoms with van der Waals surface area (Å²) in [6.45, 7) is 0. The topological polar surface area (TPSA) is 99.2 Å². The maximum absolute atomic E-state index is 12.0. The number of fused-ring (bicyclic) bond motifs is 1. The van der Waals surface area contributed by atoms with Crippen molar-refractivity contribution in [3.63, 3.8) is 0 Å². The number of para-hydroxylation sites is 1. The fourth-order valence-corrected chi connectivity index (χ4v) is 1.91. The molecule has 1 aromatic carbocycles. The number of aromatic amines is 1. The molecule has 2 amide bonds. The van der Waals surface area contributed by atoms with Crippen LogP contribution in [0.2, 0.25) is 0 Å². The number of amides is 2. The van der Waals surface area contributed by atoms with Gasteiger partial charge in [0.2, 0.25) is 5.91 Å². The highest BCUT2D eigenvalue weighted by molar-refractivity contribution is 6.44. The minimum Gasteiger partial charge on any atom is -0.319 e. The molecule has 0 bridgehead atoms. The third kappa shape index (κ3) is 2.17. The van der Waals surface area contributed by atoms with Crippen LogP contribution in [0.5, 0.6) is 0 Å². The Hall–Kier alpha value is -2.70. The van der Waals surface area contributed by atoms with Crippen LogP contribution in [0.15, 0.2) is 29.5 Å². The molecule has 2 heterocycles. The Balaban J connectivity index is 1.83. The predicted octanol–water partition coefficient (Wildman–Crippen LogP) is 0.767. The first kappa shape index (κ1) is 11.4. The van der Waals surface area contributed by atoms with E-state index in [1.165, 1.54) is 0 Å². The van der Waals surface area contributed by atoms with Crippen LogP contribution in [0.25, 0.3) is 10.9 Å². The number of hydrazone groups is 1. The number of hydrogen-bond acceptors (Lipinski definition) is 4. The number of H-pyrrole nitrogens is 1. The molecule has 1 aliphatic rings. The van der Waals surface area contributed by atoms with Gasteiger partial charge in [0.05, 0.1) is 17.4 Å². The number of aromatic nitrogens is 2. The maximum atomic E-state index is 12.0. The van der Waals surface area contributed by atoms with E-state index in [9.17, 15) is 9.59 Å². The van der Waals surface area contributed by atoms with Crippen LogP contribution in [0.1, 0.15) is 12.8 Å². The normalized spacial score (nSPS) is 14.9. The van der Waals surface area contributed by atoms with Gasteiger partial charge in [-0.3, -0.25) is 14.7 Å². The number of anilines is 1. The third-order valence-electron chi connectivity index (χ3n) is 2.89. The summed E-state index contributed by atoms with van der Waals surface area (Å²) >= 11 is 0. The zero-order valence-corrected chi connectivity index (χ0v) is 9.93. The van der Waals surface area contributed by atoms with Crippen molar-refractivity contribution in [1.29, 1.82) is 0 Å². The van der Waals surface area contributed by atoms with E-state index in [1.54, 1.807) is 12.3 Å². The second-order valence-corrected chi connectivity index (χ2v) is 4.19. The number of carbonyl (C=O) groups is 2. The van der Waals surface area contributed by atoms with E-state index < -0.39 is 0 Å². The van der Waals surface area contributed by atoms with Crippen LogP contribution < -0.4 is 10.7 Å². The van der Waals surface area contributed by atoms with Crippen molar-refractivity contribution in [2.45, 2.75) is 12.8 Å².